The molecule has 1 aromatic rings. The monoisotopic (exact) mass is 264 g/mol. The van der Waals surface area contributed by atoms with Gasteiger partial charge in [-0.05, 0) is 44.7 Å². The topological polar surface area (TPSA) is 71.5 Å². The fourth-order valence-corrected chi connectivity index (χ4v) is 2.30. The Labute approximate surface area is 113 Å². The summed E-state index contributed by atoms with van der Waals surface area (Å²) in [6.45, 7) is 2.34. The number of aromatic nitrogens is 1. The number of hydrogen-bond donors (Lipinski definition) is 2. The Morgan fingerprint density at radius 2 is 2.21 bits per heavy atom. The van der Waals surface area contributed by atoms with Crippen molar-refractivity contribution in [3.05, 3.63) is 23.9 Å². The molecule has 1 heterocycles. The molecular weight excluding hydrogens is 244 g/mol. The fourth-order valence-electron chi connectivity index (χ4n) is 2.30. The van der Waals surface area contributed by atoms with Gasteiger partial charge in [0.2, 0.25) is 5.88 Å². The summed E-state index contributed by atoms with van der Waals surface area (Å²) in [5.74, 6) is 0.219. The van der Waals surface area contributed by atoms with Crippen LogP contribution in [0.1, 0.15) is 43.0 Å². The van der Waals surface area contributed by atoms with E-state index in [0.717, 1.165) is 25.7 Å². The second kappa shape index (κ2) is 6.52. The first-order valence-electron chi connectivity index (χ1n) is 6.77. The maximum Gasteiger partial charge on any atom is 0.256 e. The van der Waals surface area contributed by atoms with Crippen molar-refractivity contribution in [3.8, 4) is 5.88 Å². The molecule has 1 fully saturated rings. The minimum Gasteiger partial charge on any atom is -0.477 e. The molecule has 19 heavy (non-hydrogen) atoms. The first-order valence-corrected chi connectivity index (χ1v) is 6.77. The van der Waals surface area contributed by atoms with Gasteiger partial charge in [0.15, 0.2) is 0 Å². The lowest BCUT2D eigenvalue weighted by atomic mass is 9.93. The van der Waals surface area contributed by atoms with Crippen LogP contribution in [0, 0.1) is 0 Å². The lowest BCUT2D eigenvalue weighted by Crippen LogP contribution is -2.38. The Balaban J connectivity index is 1.99. The highest BCUT2D eigenvalue weighted by atomic mass is 16.5. The van der Waals surface area contributed by atoms with Crippen molar-refractivity contribution in [3.63, 3.8) is 0 Å². The number of carbonyl (C=O) groups excluding carboxylic acids is 1. The van der Waals surface area contributed by atoms with Gasteiger partial charge in [0.05, 0.1) is 12.7 Å². The normalized spacial score (nSPS) is 22.8. The number of aliphatic hydroxyl groups excluding tert-OH is 1. The quantitative estimate of drug-likeness (QED) is 0.864. The summed E-state index contributed by atoms with van der Waals surface area (Å²) in [4.78, 5) is 16.3. The number of aliphatic hydroxyl groups is 1. The molecule has 0 aliphatic heterocycles. The Bertz CT molecular complexity index is 428. The molecule has 2 rings (SSSR count). The van der Waals surface area contributed by atoms with E-state index in [2.05, 4.69) is 10.3 Å². The van der Waals surface area contributed by atoms with E-state index in [1.807, 2.05) is 6.92 Å². The van der Waals surface area contributed by atoms with E-state index in [4.69, 9.17) is 4.74 Å². The van der Waals surface area contributed by atoms with Gasteiger partial charge >= 0.3 is 0 Å². The van der Waals surface area contributed by atoms with E-state index < -0.39 is 0 Å². The molecule has 0 atom stereocenters. The van der Waals surface area contributed by atoms with Crippen molar-refractivity contribution in [2.75, 3.05) is 6.61 Å². The van der Waals surface area contributed by atoms with Gasteiger partial charge in [0, 0.05) is 12.2 Å². The van der Waals surface area contributed by atoms with Gasteiger partial charge in [-0.3, -0.25) is 4.79 Å². The first kappa shape index (κ1) is 13.8. The van der Waals surface area contributed by atoms with Crippen LogP contribution in [0.3, 0.4) is 0 Å². The number of carbonyl (C=O) groups is 1. The smallest absolute Gasteiger partial charge is 0.256 e. The summed E-state index contributed by atoms with van der Waals surface area (Å²) in [5, 5.41) is 12.4. The lowest BCUT2D eigenvalue weighted by molar-refractivity contribution is 0.0863. The van der Waals surface area contributed by atoms with Gasteiger partial charge in [0.1, 0.15) is 5.56 Å². The van der Waals surface area contributed by atoms with E-state index in [0.29, 0.717) is 18.1 Å². The molecule has 1 amide bonds. The summed E-state index contributed by atoms with van der Waals surface area (Å²) in [6, 6.07) is 3.57. The molecule has 2 N–H and O–H groups in total. The van der Waals surface area contributed by atoms with Crippen LogP contribution in [0.4, 0.5) is 0 Å². The van der Waals surface area contributed by atoms with E-state index in [-0.39, 0.29) is 18.1 Å². The van der Waals surface area contributed by atoms with Gasteiger partial charge in [-0.25, -0.2) is 4.98 Å². The third-order valence-corrected chi connectivity index (χ3v) is 3.33. The highest BCUT2D eigenvalue weighted by Crippen LogP contribution is 2.20. The Kier molecular flexibility index (Phi) is 4.74. The third-order valence-electron chi connectivity index (χ3n) is 3.33. The van der Waals surface area contributed by atoms with E-state index in [9.17, 15) is 9.90 Å². The van der Waals surface area contributed by atoms with Crippen LogP contribution in [0.25, 0.3) is 0 Å². The molecule has 0 aromatic carbocycles. The number of ether oxygens (including phenoxy) is 1. The standard InChI is InChI=1S/C14H20N2O3/c1-2-19-14-12(4-3-9-15-14)13(18)16-10-5-7-11(17)8-6-10/h3-4,9-11,17H,2,5-8H2,1H3,(H,16,18). The molecule has 1 aliphatic carbocycles. The lowest BCUT2D eigenvalue weighted by Gasteiger charge is -2.26. The van der Waals surface area contributed by atoms with Crippen molar-refractivity contribution < 1.29 is 14.6 Å². The molecule has 0 unspecified atom stereocenters. The number of nitrogens with one attached hydrogen (secondary N) is 1. The molecule has 1 aromatic heterocycles. The zero-order valence-electron chi connectivity index (χ0n) is 11.1. The number of pyridine rings is 1. The molecule has 0 saturated heterocycles. The molecule has 5 nitrogen and oxygen atoms in total. The largest absolute Gasteiger partial charge is 0.477 e. The van der Waals surface area contributed by atoms with Crippen LogP contribution >= 0.6 is 0 Å². The zero-order valence-corrected chi connectivity index (χ0v) is 11.1. The van der Waals surface area contributed by atoms with E-state index in [1.54, 1.807) is 18.3 Å². The second-order valence-corrected chi connectivity index (χ2v) is 4.77. The molecule has 0 radical (unpaired) electrons. The van der Waals surface area contributed by atoms with E-state index >= 15 is 0 Å². The van der Waals surface area contributed by atoms with Crippen molar-refractivity contribution in [2.24, 2.45) is 0 Å². The minimum atomic E-state index is -0.217. The van der Waals surface area contributed by atoms with Crippen LogP contribution in [0.15, 0.2) is 18.3 Å². The van der Waals surface area contributed by atoms with Crippen LogP contribution < -0.4 is 10.1 Å². The predicted octanol–water partition coefficient (Wildman–Crippen LogP) is 1.51. The molecular formula is C14H20N2O3. The molecule has 5 heteroatoms. The summed E-state index contributed by atoms with van der Waals surface area (Å²) in [5.41, 5.74) is 0.468. The van der Waals surface area contributed by atoms with Crippen LogP contribution in [-0.2, 0) is 0 Å². The van der Waals surface area contributed by atoms with Crippen LogP contribution in [0.2, 0.25) is 0 Å². The summed E-state index contributed by atoms with van der Waals surface area (Å²) < 4.78 is 5.35. The molecule has 104 valence electrons. The second-order valence-electron chi connectivity index (χ2n) is 4.77. The Hall–Kier alpha value is -1.62. The van der Waals surface area contributed by atoms with Gasteiger partial charge in [-0.2, -0.15) is 0 Å². The number of amides is 1. The van der Waals surface area contributed by atoms with Crippen molar-refractivity contribution >= 4 is 5.91 Å². The minimum absolute atomic E-state index is 0.130. The van der Waals surface area contributed by atoms with Crippen molar-refractivity contribution in [1.29, 1.82) is 0 Å². The maximum absolute atomic E-state index is 12.2. The molecule has 1 saturated carbocycles. The summed E-state index contributed by atoms with van der Waals surface area (Å²) in [6.07, 6.45) is 4.52. The number of nitrogens with zero attached hydrogens (tertiary/aromatic N) is 1. The zero-order chi connectivity index (χ0) is 13.7. The summed E-state index contributed by atoms with van der Waals surface area (Å²) >= 11 is 0. The fraction of sp³-hybridized carbons (Fsp3) is 0.571. The average molecular weight is 264 g/mol. The van der Waals surface area contributed by atoms with Gasteiger partial charge in [-0.1, -0.05) is 0 Å². The molecule has 1 aliphatic rings. The molecule has 0 bridgehead atoms. The van der Waals surface area contributed by atoms with Gasteiger partial charge in [-0.15, -0.1) is 0 Å². The number of rotatable bonds is 4. The van der Waals surface area contributed by atoms with Crippen molar-refractivity contribution in [2.45, 2.75) is 44.8 Å². The van der Waals surface area contributed by atoms with Gasteiger partial charge < -0.3 is 15.2 Å². The third kappa shape index (κ3) is 3.67. The predicted molar refractivity (Wildman–Crippen MR) is 71.1 cm³/mol. The van der Waals surface area contributed by atoms with Crippen LogP contribution in [0.5, 0.6) is 5.88 Å². The maximum atomic E-state index is 12.2. The van der Waals surface area contributed by atoms with Crippen molar-refractivity contribution in [1.82, 2.24) is 10.3 Å². The first-order chi connectivity index (χ1) is 9.20. The highest BCUT2D eigenvalue weighted by Gasteiger charge is 2.22. The molecule has 0 spiro atoms. The highest BCUT2D eigenvalue weighted by molar-refractivity contribution is 5.96. The SMILES string of the molecule is CCOc1ncccc1C(=O)NC1CCC(O)CC1. The summed E-state index contributed by atoms with van der Waals surface area (Å²) in [7, 11) is 0. The Morgan fingerprint density at radius 3 is 2.89 bits per heavy atom. The van der Waals surface area contributed by atoms with Gasteiger partial charge in [0.25, 0.3) is 5.91 Å². The number of hydrogen-bond acceptors (Lipinski definition) is 4. The van der Waals surface area contributed by atoms with Crippen LogP contribution in [-0.4, -0.2) is 34.8 Å². The Morgan fingerprint density at radius 1 is 1.47 bits per heavy atom. The van der Waals surface area contributed by atoms with E-state index in [1.165, 1.54) is 0 Å². The average Bonchev–Trinajstić information content (AvgIpc) is 2.42.